The number of benzene rings is 2. The molecule has 144 valence electrons. The molecule has 1 amide bonds. The molecule has 0 bridgehead atoms. The van der Waals surface area contributed by atoms with E-state index in [1.165, 1.54) is 0 Å². The van der Waals surface area contributed by atoms with E-state index in [-0.39, 0.29) is 13.0 Å². The van der Waals surface area contributed by atoms with E-state index in [0.29, 0.717) is 5.02 Å². The molecule has 2 aromatic carbocycles. The highest BCUT2D eigenvalue weighted by Gasteiger charge is 2.27. The van der Waals surface area contributed by atoms with Gasteiger partial charge < -0.3 is 14.8 Å². The number of esters is 1. The lowest BCUT2D eigenvalue weighted by atomic mass is 10.1. The molecule has 5 nitrogen and oxygen atoms in total. The molecule has 0 aliphatic carbocycles. The zero-order valence-corrected chi connectivity index (χ0v) is 16.5. The Morgan fingerprint density at radius 2 is 1.63 bits per heavy atom. The molecule has 0 aliphatic heterocycles. The average molecular weight is 390 g/mol. The Labute approximate surface area is 164 Å². The lowest BCUT2D eigenvalue weighted by molar-refractivity contribution is -0.157. The van der Waals surface area contributed by atoms with E-state index in [9.17, 15) is 9.59 Å². The highest BCUT2D eigenvalue weighted by Crippen LogP contribution is 2.14. The second-order valence-electron chi connectivity index (χ2n) is 7.12. The van der Waals surface area contributed by atoms with Crippen LogP contribution >= 0.6 is 11.6 Å². The Kier molecular flexibility index (Phi) is 7.25. The van der Waals surface area contributed by atoms with Gasteiger partial charge in [0.1, 0.15) is 18.2 Å². The van der Waals surface area contributed by atoms with Gasteiger partial charge in [0.2, 0.25) is 0 Å². The molecule has 1 atom stereocenters. The fourth-order valence-electron chi connectivity index (χ4n) is 2.33. The van der Waals surface area contributed by atoms with Gasteiger partial charge in [-0.3, -0.25) is 0 Å². The van der Waals surface area contributed by atoms with E-state index in [4.69, 9.17) is 21.1 Å². The Bertz CT molecular complexity index is 754. The second kappa shape index (κ2) is 9.42. The van der Waals surface area contributed by atoms with Crippen LogP contribution in [0.1, 0.15) is 31.9 Å². The fraction of sp³-hybridized carbons (Fsp3) is 0.333. The number of hydrogen-bond acceptors (Lipinski definition) is 4. The van der Waals surface area contributed by atoms with E-state index in [1.54, 1.807) is 45.0 Å². The average Bonchev–Trinajstić information content (AvgIpc) is 2.60. The van der Waals surface area contributed by atoms with Crippen molar-refractivity contribution in [3.63, 3.8) is 0 Å². The summed E-state index contributed by atoms with van der Waals surface area (Å²) in [6.07, 6.45) is -0.407. The molecule has 2 aromatic rings. The number of rotatable bonds is 6. The zero-order chi connectivity index (χ0) is 19.9. The summed E-state index contributed by atoms with van der Waals surface area (Å²) in [5.41, 5.74) is 1.04. The zero-order valence-electron chi connectivity index (χ0n) is 15.7. The van der Waals surface area contributed by atoms with Crippen molar-refractivity contribution in [2.45, 2.75) is 45.4 Å². The molecule has 27 heavy (non-hydrogen) atoms. The third kappa shape index (κ3) is 7.71. The maximum absolute atomic E-state index is 12.5. The number of carbonyl (C=O) groups excluding carboxylic acids is 2. The molecule has 0 radical (unpaired) electrons. The Morgan fingerprint density at radius 1 is 1.00 bits per heavy atom. The minimum atomic E-state index is -0.867. The van der Waals surface area contributed by atoms with Crippen LogP contribution in [-0.4, -0.2) is 23.7 Å². The largest absolute Gasteiger partial charge is 0.458 e. The maximum Gasteiger partial charge on any atom is 0.408 e. The topological polar surface area (TPSA) is 64.6 Å². The summed E-state index contributed by atoms with van der Waals surface area (Å²) in [6, 6.07) is 15.5. The molecule has 1 N–H and O–H groups in total. The van der Waals surface area contributed by atoms with Crippen LogP contribution in [0.4, 0.5) is 4.79 Å². The summed E-state index contributed by atoms with van der Waals surface area (Å²) in [5.74, 6) is -0.519. The van der Waals surface area contributed by atoms with Crippen LogP contribution in [0.3, 0.4) is 0 Å². The Morgan fingerprint density at radius 3 is 2.22 bits per heavy atom. The predicted molar refractivity (Wildman–Crippen MR) is 105 cm³/mol. The molecular weight excluding hydrogens is 366 g/mol. The maximum atomic E-state index is 12.5. The smallest absolute Gasteiger partial charge is 0.408 e. The van der Waals surface area contributed by atoms with Crippen molar-refractivity contribution in [3.8, 4) is 0 Å². The van der Waals surface area contributed by atoms with Gasteiger partial charge in [0, 0.05) is 11.4 Å². The highest BCUT2D eigenvalue weighted by molar-refractivity contribution is 6.30. The van der Waals surface area contributed by atoms with E-state index < -0.39 is 23.7 Å². The fourth-order valence-corrected chi connectivity index (χ4v) is 2.46. The van der Waals surface area contributed by atoms with Crippen molar-refractivity contribution < 1.29 is 19.1 Å². The molecule has 0 aromatic heterocycles. The number of ether oxygens (including phenoxy) is 2. The summed E-state index contributed by atoms with van der Waals surface area (Å²) in [6.45, 7) is 5.45. The van der Waals surface area contributed by atoms with Crippen LogP contribution in [0.2, 0.25) is 5.02 Å². The summed E-state index contributed by atoms with van der Waals surface area (Å²) in [7, 11) is 0. The first-order valence-corrected chi connectivity index (χ1v) is 9.05. The first kappa shape index (κ1) is 20.8. The quantitative estimate of drug-likeness (QED) is 0.738. The van der Waals surface area contributed by atoms with Crippen LogP contribution in [0, 0.1) is 0 Å². The van der Waals surface area contributed by atoms with Crippen molar-refractivity contribution in [2.75, 3.05) is 0 Å². The van der Waals surface area contributed by atoms with Crippen molar-refractivity contribution in [1.82, 2.24) is 5.32 Å². The van der Waals surface area contributed by atoms with Gasteiger partial charge in [-0.15, -0.1) is 0 Å². The van der Waals surface area contributed by atoms with Gasteiger partial charge in [-0.2, -0.15) is 0 Å². The Hall–Kier alpha value is -2.53. The molecule has 0 saturated carbocycles. The van der Waals surface area contributed by atoms with Crippen LogP contribution in [0.25, 0.3) is 0 Å². The minimum absolute atomic E-state index is 0.120. The first-order valence-electron chi connectivity index (χ1n) is 8.67. The van der Waals surface area contributed by atoms with E-state index >= 15 is 0 Å². The van der Waals surface area contributed by atoms with Crippen molar-refractivity contribution >= 4 is 23.7 Å². The molecule has 1 unspecified atom stereocenters. The van der Waals surface area contributed by atoms with Gasteiger partial charge in [-0.05, 0) is 44.0 Å². The van der Waals surface area contributed by atoms with Crippen LogP contribution < -0.4 is 5.32 Å². The SMILES string of the molecule is CC(C)(C)OC(=O)C(Cc1ccc(Cl)cc1)NC(=O)OCc1ccccc1. The predicted octanol–water partition coefficient (Wildman–Crippen LogP) is 4.52. The van der Waals surface area contributed by atoms with Crippen LogP contribution in [-0.2, 0) is 27.3 Å². The van der Waals surface area contributed by atoms with Gasteiger partial charge in [0.05, 0.1) is 0 Å². The van der Waals surface area contributed by atoms with E-state index in [1.807, 2.05) is 30.3 Å². The normalized spacial score (nSPS) is 12.1. The van der Waals surface area contributed by atoms with Crippen molar-refractivity contribution in [3.05, 3.63) is 70.7 Å². The van der Waals surface area contributed by atoms with Gasteiger partial charge in [0.15, 0.2) is 0 Å². The lowest BCUT2D eigenvalue weighted by Gasteiger charge is -2.24. The summed E-state index contributed by atoms with van der Waals surface area (Å²) < 4.78 is 10.6. The van der Waals surface area contributed by atoms with Gasteiger partial charge in [-0.25, -0.2) is 9.59 Å². The second-order valence-corrected chi connectivity index (χ2v) is 7.56. The lowest BCUT2D eigenvalue weighted by Crippen LogP contribution is -2.45. The molecule has 0 fully saturated rings. The van der Waals surface area contributed by atoms with E-state index in [2.05, 4.69) is 5.32 Å². The van der Waals surface area contributed by atoms with Gasteiger partial charge >= 0.3 is 12.1 Å². The molecule has 0 saturated heterocycles. The number of carbonyl (C=O) groups is 2. The summed E-state index contributed by atoms with van der Waals surface area (Å²) in [4.78, 5) is 24.7. The number of halogens is 1. The molecule has 0 heterocycles. The minimum Gasteiger partial charge on any atom is -0.458 e. The molecular formula is C21H24ClNO4. The van der Waals surface area contributed by atoms with Crippen molar-refractivity contribution in [2.24, 2.45) is 0 Å². The highest BCUT2D eigenvalue weighted by atomic mass is 35.5. The summed E-state index contributed by atoms with van der Waals surface area (Å²) >= 11 is 5.90. The third-order valence-corrected chi connectivity index (χ3v) is 3.80. The van der Waals surface area contributed by atoms with Crippen molar-refractivity contribution in [1.29, 1.82) is 0 Å². The van der Waals surface area contributed by atoms with Crippen LogP contribution in [0.5, 0.6) is 0 Å². The third-order valence-electron chi connectivity index (χ3n) is 3.55. The van der Waals surface area contributed by atoms with E-state index in [0.717, 1.165) is 11.1 Å². The standard InChI is InChI=1S/C21H24ClNO4/c1-21(2,3)27-19(24)18(13-15-9-11-17(22)12-10-15)23-20(25)26-14-16-7-5-4-6-8-16/h4-12,18H,13-14H2,1-3H3,(H,23,25). The first-order chi connectivity index (χ1) is 12.7. The summed E-state index contributed by atoms with van der Waals surface area (Å²) in [5, 5.41) is 3.20. The number of nitrogens with one attached hydrogen (secondary N) is 1. The van der Waals surface area contributed by atoms with Gasteiger partial charge in [-0.1, -0.05) is 54.1 Å². The number of hydrogen-bond donors (Lipinski definition) is 1. The molecule has 0 aliphatic rings. The number of alkyl carbamates (subject to hydrolysis) is 1. The molecule has 0 spiro atoms. The molecule has 2 rings (SSSR count). The monoisotopic (exact) mass is 389 g/mol. The van der Waals surface area contributed by atoms with Crippen LogP contribution in [0.15, 0.2) is 54.6 Å². The van der Waals surface area contributed by atoms with Gasteiger partial charge in [0.25, 0.3) is 0 Å². The number of amides is 1. The Balaban J connectivity index is 2.02. The molecule has 6 heteroatoms.